The van der Waals surface area contributed by atoms with E-state index in [-0.39, 0.29) is 29.8 Å². The summed E-state index contributed by atoms with van der Waals surface area (Å²) in [5, 5.41) is 5.39. The quantitative estimate of drug-likeness (QED) is 0.423. The number of hydrogen-bond acceptors (Lipinski definition) is 8. The summed E-state index contributed by atoms with van der Waals surface area (Å²) in [6, 6.07) is 15.4. The molecule has 158 valence electrons. The van der Waals surface area contributed by atoms with Gasteiger partial charge in [-0.25, -0.2) is 9.37 Å². The Labute approximate surface area is 185 Å². The zero-order chi connectivity index (χ0) is 22.1. The molecule has 5 aromatic rings. The number of hydrogen-bond donors (Lipinski definition) is 2. The van der Waals surface area contributed by atoms with Crippen LogP contribution in [0.5, 0.6) is 0 Å². The lowest BCUT2D eigenvalue weighted by atomic mass is 10.1. The number of nitrogen functional groups attached to an aromatic ring is 1. The van der Waals surface area contributed by atoms with E-state index in [9.17, 15) is 9.18 Å². The highest BCUT2D eigenvalue weighted by atomic mass is 32.1. The number of fused-ring (bicyclic) bond motifs is 1. The average molecular weight is 445 g/mol. The van der Waals surface area contributed by atoms with Crippen LogP contribution in [0.15, 0.2) is 71.1 Å². The van der Waals surface area contributed by atoms with Crippen molar-refractivity contribution in [2.24, 2.45) is 0 Å². The molecule has 0 aliphatic carbocycles. The second-order valence-electron chi connectivity index (χ2n) is 6.94. The Morgan fingerprint density at radius 1 is 1.03 bits per heavy atom. The van der Waals surface area contributed by atoms with Crippen LogP contribution in [0, 0.1) is 5.82 Å². The molecule has 0 saturated heterocycles. The number of aromatic nitrogens is 5. The van der Waals surface area contributed by atoms with Crippen LogP contribution in [-0.4, -0.2) is 24.5 Å². The van der Waals surface area contributed by atoms with Gasteiger partial charge in [0.05, 0.1) is 18.3 Å². The number of para-hydroxylation sites is 1. The summed E-state index contributed by atoms with van der Waals surface area (Å²) in [4.78, 5) is 30.9. The molecule has 0 fully saturated rings. The van der Waals surface area contributed by atoms with Crippen LogP contribution < -0.4 is 16.6 Å². The van der Waals surface area contributed by atoms with Crippen molar-refractivity contribution in [3.05, 3.63) is 88.3 Å². The summed E-state index contributed by atoms with van der Waals surface area (Å²) in [5.74, 6) is 0.301. The van der Waals surface area contributed by atoms with Gasteiger partial charge < -0.3 is 11.1 Å². The SMILES string of the molecule is Nc1nc(Cn2cnc3scc(-c4ccc(F)cc4)c3c2=O)nc(Nc2ccccc2)n1. The fourth-order valence-corrected chi connectivity index (χ4v) is 4.20. The molecule has 0 atom stereocenters. The van der Waals surface area contributed by atoms with Crippen molar-refractivity contribution in [3.8, 4) is 11.1 Å². The molecule has 0 unspecified atom stereocenters. The van der Waals surface area contributed by atoms with Gasteiger partial charge in [0, 0.05) is 16.6 Å². The van der Waals surface area contributed by atoms with Gasteiger partial charge in [-0.2, -0.15) is 15.0 Å². The molecule has 0 spiro atoms. The predicted octanol–water partition coefficient (Wildman–Crippen LogP) is 3.82. The molecule has 32 heavy (non-hydrogen) atoms. The normalized spacial score (nSPS) is 11.0. The second-order valence-corrected chi connectivity index (χ2v) is 7.80. The monoisotopic (exact) mass is 445 g/mol. The lowest BCUT2D eigenvalue weighted by Crippen LogP contribution is -2.22. The molecular weight excluding hydrogens is 429 g/mol. The van der Waals surface area contributed by atoms with Gasteiger partial charge in [-0.05, 0) is 29.8 Å². The molecule has 3 heterocycles. The van der Waals surface area contributed by atoms with Crippen LogP contribution in [-0.2, 0) is 6.54 Å². The van der Waals surface area contributed by atoms with Crippen LogP contribution in [0.25, 0.3) is 21.3 Å². The Morgan fingerprint density at radius 3 is 2.59 bits per heavy atom. The molecular formula is C22H16FN7OS. The van der Waals surface area contributed by atoms with Gasteiger partial charge in [0.2, 0.25) is 11.9 Å². The number of anilines is 3. The summed E-state index contributed by atoms with van der Waals surface area (Å²) in [5.41, 5.74) is 7.86. The Morgan fingerprint density at radius 2 is 1.81 bits per heavy atom. The maximum absolute atomic E-state index is 13.3. The number of nitrogens with two attached hydrogens (primary N) is 1. The number of benzene rings is 2. The highest BCUT2D eigenvalue weighted by molar-refractivity contribution is 7.17. The van der Waals surface area contributed by atoms with E-state index in [1.165, 1.54) is 34.4 Å². The van der Waals surface area contributed by atoms with Gasteiger partial charge in [-0.3, -0.25) is 9.36 Å². The van der Waals surface area contributed by atoms with E-state index in [0.717, 1.165) is 11.3 Å². The molecule has 5 rings (SSSR count). The third kappa shape index (κ3) is 3.91. The van der Waals surface area contributed by atoms with Crippen molar-refractivity contribution in [1.29, 1.82) is 0 Å². The summed E-state index contributed by atoms with van der Waals surface area (Å²) in [6.45, 7) is 0.0661. The Bertz CT molecular complexity index is 1470. The summed E-state index contributed by atoms with van der Waals surface area (Å²) < 4.78 is 14.7. The molecule has 0 bridgehead atoms. The summed E-state index contributed by atoms with van der Waals surface area (Å²) in [6.07, 6.45) is 1.46. The van der Waals surface area contributed by atoms with Gasteiger partial charge >= 0.3 is 0 Å². The molecule has 0 amide bonds. The first-order valence-electron chi connectivity index (χ1n) is 9.62. The fraction of sp³-hybridized carbons (Fsp3) is 0.0455. The van der Waals surface area contributed by atoms with E-state index in [4.69, 9.17) is 5.73 Å². The minimum atomic E-state index is -0.337. The highest BCUT2D eigenvalue weighted by Crippen LogP contribution is 2.30. The molecule has 3 N–H and O–H groups in total. The summed E-state index contributed by atoms with van der Waals surface area (Å²) in [7, 11) is 0. The third-order valence-electron chi connectivity index (χ3n) is 4.76. The van der Waals surface area contributed by atoms with Crippen molar-refractivity contribution < 1.29 is 4.39 Å². The fourth-order valence-electron chi connectivity index (χ4n) is 3.29. The van der Waals surface area contributed by atoms with Crippen LogP contribution in [0.3, 0.4) is 0 Å². The standard InChI is InChI=1S/C22H16FN7OS/c23-14-8-6-13(7-9-14)16-11-32-19-18(16)20(31)30(12-25-19)10-17-27-21(24)29-22(28-17)26-15-4-2-1-3-5-15/h1-9,11-12H,10H2,(H3,24,26,27,28,29). The number of nitrogens with one attached hydrogen (secondary N) is 1. The molecule has 3 aromatic heterocycles. The van der Waals surface area contributed by atoms with Gasteiger partial charge in [0.1, 0.15) is 10.6 Å². The minimum Gasteiger partial charge on any atom is -0.368 e. The third-order valence-corrected chi connectivity index (χ3v) is 5.64. The van der Waals surface area contributed by atoms with Crippen LogP contribution in [0.1, 0.15) is 5.82 Å². The van der Waals surface area contributed by atoms with Gasteiger partial charge in [-0.1, -0.05) is 30.3 Å². The van der Waals surface area contributed by atoms with E-state index in [1.54, 1.807) is 12.1 Å². The van der Waals surface area contributed by atoms with Crippen molar-refractivity contribution in [1.82, 2.24) is 24.5 Å². The van der Waals surface area contributed by atoms with Crippen LogP contribution in [0.4, 0.5) is 22.0 Å². The van der Waals surface area contributed by atoms with E-state index < -0.39 is 0 Å². The van der Waals surface area contributed by atoms with E-state index in [2.05, 4.69) is 25.3 Å². The molecule has 0 aliphatic rings. The van der Waals surface area contributed by atoms with E-state index >= 15 is 0 Å². The number of halogens is 1. The van der Waals surface area contributed by atoms with Gasteiger partial charge in [0.15, 0.2) is 5.82 Å². The van der Waals surface area contributed by atoms with Crippen molar-refractivity contribution in [2.75, 3.05) is 11.1 Å². The van der Waals surface area contributed by atoms with E-state index in [1.807, 2.05) is 35.7 Å². The largest absolute Gasteiger partial charge is 0.368 e. The van der Waals surface area contributed by atoms with Gasteiger partial charge in [0.25, 0.3) is 5.56 Å². The first-order chi connectivity index (χ1) is 15.6. The second kappa shape index (κ2) is 8.16. The first kappa shape index (κ1) is 19.8. The Hall–Kier alpha value is -4.18. The highest BCUT2D eigenvalue weighted by Gasteiger charge is 2.15. The zero-order valence-electron chi connectivity index (χ0n) is 16.6. The smallest absolute Gasteiger partial charge is 0.263 e. The minimum absolute atomic E-state index is 0.0399. The number of nitrogens with zero attached hydrogens (tertiary/aromatic N) is 5. The molecule has 0 aliphatic heterocycles. The number of rotatable bonds is 5. The number of thiophene rings is 1. The van der Waals surface area contributed by atoms with Crippen molar-refractivity contribution >= 4 is 39.1 Å². The lowest BCUT2D eigenvalue weighted by molar-refractivity contribution is 0.628. The lowest BCUT2D eigenvalue weighted by Gasteiger charge is -2.09. The molecule has 2 aromatic carbocycles. The predicted molar refractivity (Wildman–Crippen MR) is 122 cm³/mol. The van der Waals surface area contributed by atoms with Crippen LogP contribution >= 0.6 is 11.3 Å². The van der Waals surface area contributed by atoms with Gasteiger partial charge in [-0.15, -0.1) is 11.3 Å². The van der Waals surface area contributed by atoms with Crippen LogP contribution in [0.2, 0.25) is 0 Å². The maximum atomic E-state index is 13.3. The zero-order valence-corrected chi connectivity index (χ0v) is 17.4. The molecule has 0 radical (unpaired) electrons. The molecule has 0 saturated carbocycles. The summed E-state index contributed by atoms with van der Waals surface area (Å²) >= 11 is 1.36. The average Bonchev–Trinajstić information content (AvgIpc) is 3.21. The Kier molecular flexibility index (Phi) is 5.04. The molecule has 10 heteroatoms. The maximum Gasteiger partial charge on any atom is 0.263 e. The molecule has 8 nitrogen and oxygen atoms in total. The van der Waals surface area contributed by atoms with E-state index in [0.29, 0.717) is 21.6 Å². The Balaban J connectivity index is 1.51. The topological polar surface area (TPSA) is 112 Å². The van der Waals surface area contributed by atoms with Crippen molar-refractivity contribution in [3.63, 3.8) is 0 Å². The van der Waals surface area contributed by atoms with Crippen molar-refractivity contribution in [2.45, 2.75) is 6.54 Å². The first-order valence-corrected chi connectivity index (χ1v) is 10.5.